The van der Waals surface area contributed by atoms with E-state index in [-0.39, 0.29) is 0 Å². The van der Waals surface area contributed by atoms with Crippen LogP contribution in [0.1, 0.15) is 43.5 Å². The number of rotatable bonds is 5. The summed E-state index contributed by atoms with van der Waals surface area (Å²) in [6.45, 7) is 2.26. The summed E-state index contributed by atoms with van der Waals surface area (Å²) in [5.74, 6) is 1.20. The van der Waals surface area contributed by atoms with E-state index in [1.165, 1.54) is 42.7 Å². The summed E-state index contributed by atoms with van der Waals surface area (Å²) in [5, 5.41) is 8.20. The summed E-state index contributed by atoms with van der Waals surface area (Å²) in [6.07, 6.45) is 9.15. The van der Waals surface area contributed by atoms with Gasteiger partial charge in [-0.25, -0.2) is 0 Å². The third-order valence-electron chi connectivity index (χ3n) is 3.67. The number of hydrogen-bond donors (Lipinski definition) is 1. The highest BCUT2D eigenvalue weighted by atomic mass is 32.2. The largest absolute Gasteiger partial charge is 0.306 e. The number of fused-ring (bicyclic) bond motifs is 1. The summed E-state index contributed by atoms with van der Waals surface area (Å²) in [5.41, 5.74) is 2.85. The Labute approximate surface area is 108 Å². The maximum Gasteiger partial charge on any atom is 0.0540 e. The Kier molecular flexibility index (Phi) is 4.51. The molecule has 0 aliphatic heterocycles. The van der Waals surface area contributed by atoms with Gasteiger partial charge < -0.3 is 5.32 Å². The average molecular weight is 253 g/mol. The molecule has 2 unspecified atom stereocenters. The van der Waals surface area contributed by atoms with Crippen molar-refractivity contribution in [3.8, 4) is 0 Å². The van der Waals surface area contributed by atoms with Gasteiger partial charge in [-0.15, -0.1) is 0 Å². The van der Waals surface area contributed by atoms with Gasteiger partial charge in [-0.3, -0.25) is 4.68 Å². The molecule has 0 saturated carbocycles. The van der Waals surface area contributed by atoms with E-state index in [4.69, 9.17) is 0 Å². The van der Waals surface area contributed by atoms with Crippen LogP contribution in [-0.4, -0.2) is 27.8 Å². The van der Waals surface area contributed by atoms with Crippen molar-refractivity contribution in [2.75, 3.05) is 12.0 Å². The van der Waals surface area contributed by atoms with Gasteiger partial charge in [0.05, 0.1) is 6.20 Å². The average Bonchev–Trinajstić information content (AvgIpc) is 2.72. The SMILES string of the molecule is CCC(CSC)NC1CCCc2c1cnn2C. The fourth-order valence-corrected chi connectivity index (χ4v) is 3.38. The van der Waals surface area contributed by atoms with Crippen LogP contribution < -0.4 is 5.32 Å². The molecule has 17 heavy (non-hydrogen) atoms. The fraction of sp³-hybridized carbons (Fsp3) is 0.769. The van der Waals surface area contributed by atoms with E-state index in [0.29, 0.717) is 12.1 Å². The van der Waals surface area contributed by atoms with Gasteiger partial charge in [0, 0.05) is 36.1 Å². The number of thioether (sulfide) groups is 1. The lowest BCUT2D eigenvalue weighted by Crippen LogP contribution is -2.35. The van der Waals surface area contributed by atoms with E-state index in [0.717, 1.165) is 0 Å². The number of aromatic nitrogens is 2. The van der Waals surface area contributed by atoms with Crippen molar-refractivity contribution >= 4 is 11.8 Å². The highest BCUT2D eigenvalue weighted by Crippen LogP contribution is 2.29. The number of nitrogens with one attached hydrogen (secondary N) is 1. The first-order valence-corrected chi connectivity index (χ1v) is 7.91. The number of aryl methyl sites for hydroxylation is 1. The standard InChI is InChI=1S/C13H23N3S/c1-4-10(9-17-3)15-12-6-5-7-13-11(12)8-14-16(13)2/h8,10,12,15H,4-7,9H2,1-3H3. The van der Waals surface area contributed by atoms with Gasteiger partial charge in [0.2, 0.25) is 0 Å². The predicted molar refractivity (Wildman–Crippen MR) is 74.5 cm³/mol. The van der Waals surface area contributed by atoms with E-state index in [2.05, 4.69) is 36.8 Å². The Hall–Kier alpha value is -0.480. The van der Waals surface area contributed by atoms with E-state index in [9.17, 15) is 0 Å². The quantitative estimate of drug-likeness (QED) is 0.874. The van der Waals surface area contributed by atoms with Crippen LogP contribution in [0.15, 0.2) is 6.20 Å². The lowest BCUT2D eigenvalue weighted by atomic mass is 9.92. The highest BCUT2D eigenvalue weighted by Gasteiger charge is 2.24. The smallest absolute Gasteiger partial charge is 0.0540 e. The van der Waals surface area contributed by atoms with Crippen LogP contribution in [0.4, 0.5) is 0 Å². The Morgan fingerprint density at radius 2 is 2.47 bits per heavy atom. The molecule has 0 saturated heterocycles. The Morgan fingerprint density at radius 3 is 3.18 bits per heavy atom. The van der Waals surface area contributed by atoms with E-state index in [1.807, 2.05) is 16.4 Å². The lowest BCUT2D eigenvalue weighted by Gasteiger charge is -2.28. The normalized spacial score (nSPS) is 21.2. The fourth-order valence-electron chi connectivity index (χ4n) is 2.65. The molecule has 1 aliphatic carbocycles. The Bertz CT molecular complexity index is 362. The minimum Gasteiger partial charge on any atom is -0.306 e. The molecular formula is C13H23N3S. The van der Waals surface area contributed by atoms with Crippen LogP contribution in [0.25, 0.3) is 0 Å². The predicted octanol–water partition coefficient (Wildman–Crippen LogP) is 2.53. The zero-order chi connectivity index (χ0) is 12.3. The summed E-state index contributed by atoms with van der Waals surface area (Å²) < 4.78 is 2.04. The van der Waals surface area contributed by atoms with E-state index in [1.54, 1.807) is 0 Å². The van der Waals surface area contributed by atoms with Crippen molar-refractivity contribution in [3.05, 3.63) is 17.5 Å². The van der Waals surface area contributed by atoms with Crippen LogP contribution in [0.2, 0.25) is 0 Å². The summed E-state index contributed by atoms with van der Waals surface area (Å²) in [7, 11) is 2.06. The molecule has 0 fully saturated rings. The molecule has 0 bridgehead atoms. The molecule has 0 spiro atoms. The molecule has 1 aromatic heterocycles. The zero-order valence-electron chi connectivity index (χ0n) is 11.1. The van der Waals surface area contributed by atoms with Crippen LogP contribution in [0.5, 0.6) is 0 Å². The van der Waals surface area contributed by atoms with Crippen molar-refractivity contribution in [1.82, 2.24) is 15.1 Å². The first-order chi connectivity index (χ1) is 8.26. The third-order valence-corrected chi connectivity index (χ3v) is 4.41. The molecule has 0 amide bonds. The Morgan fingerprint density at radius 1 is 1.65 bits per heavy atom. The molecule has 96 valence electrons. The summed E-state index contributed by atoms with van der Waals surface area (Å²) in [4.78, 5) is 0. The van der Waals surface area contributed by atoms with Gasteiger partial charge in [-0.2, -0.15) is 16.9 Å². The second kappa shape index (κ2) is 5.91. The summed E-state index contributed by atoms with van der Waals surface area (Å²) in [6, 6.07) is 1.14. The Balaban J connectivity index is 2.07. The topological polar surface area (TPSA) is 29.9 Å². The van der Waals surface area contributed by atoms with Gasteiger partial charge in [0.1, 0.15) is 0 Å². The van der Waals surface area contributed by atoms with Crippen molar-refractivity contribution in [1.29, 1.82) is 0 Å². The molecule has 3 nitrogen and oxygen atoms in total. The molecule has 2 atom stereocenters. The van der Waals surface area contributed by atoms with Crippen molar-refractivity contribution in [2.45, 2.75) is 44.7 Å². The second-order valence-electron chi connectivity index (χ2n) is 4.84. The van der Waals surface area contributed by atoms with E-state index >= 15 is 0 Å². The minimum absolute atomic E-state index is 0.518. The number of hydrogen-bond acceptors (Lipinski definition) is 3. The molecule has 1 aliphatic rings. The monoisotopic (exact) mass is 253 g/mol. The number of nitrogens with zero attached hydrogens (tertiary/aromatic N) is 2. The van der Waals surface area contributed by atoms with Gasteiger partial charge in [-0.1, -0.05) is 6.92 Å². The summed E-state index contributed by atoms with van der Waals surface area (Å²) >= 11 is 1.93. The van der Waals surface area contributed by atoms with Gasteiger partial charge in [-0.05, 0) is 31.9 Å². The molecule has 4 heteroatoms. The lowest BCUT2D eigenvalue weighted by molar-refractivity contribution is 0.402. The van der Waals surface area contributed by atoms with Crippen molar-refractivity contribution in [3.63, 3.8) is 0 Å². The molecule has 1 N–H and O–H groups in total. The van der Waals surface area contributed by atoms with Gasteiger partial charge in [0.25, 0.3) is 0 Å². The maximum atomic E-state index is 4.40. The zero-order valence-corrected chi connectivity index (χ0v) is 11.9. The second-order valence-corrected chi connectivity index (χ2v) is 5.75. The van der Waals surface area contributed by atoms with E-state index < -0.39 is 0 Å². The molecule has 2 rings (SSSR count). The van der Waals surface area contributed by atoms with Crippen LogP contribution in [0, 0.1) is 0 Å². The van der Waals surface area contributed by atoms with Crippen LogP contribution in [-0.2, 0) is 13.5 Å². The molecular weight excluding hydrogens is 230 g/mol. The van der Waals surface area contributed by atoms with Gasteiger partial charge >= 0.3 is 0 Å². The molecule has 1 aromatic rings. The maximum absolute atomic E-state index is 4.40. The van der Waals surface area contributed by atoms with Crippen molar-refractivity contribution in [2.24, 2.45) is 7.05 Å². The first kappa shape index (κ1) is 13.0. The van der Waals surface area contributed by atoms with Gasteiger partial charge in [0.15, 0.2) is 0 Å². The minimum atomic E-state index is 0.518. The molecule has 1 heterocycles. The first-order valence-electron chi connectivity index (χ1n) is 6.52. The van der Waals surface area contributed by atoms with Crippen LogP contribution >= 0.6 is 11.8 Å². The van der Waals surface area contributed by atoms with Crippen molar-refractivity contribution < 1.29 is 0 Å². The van der Waals surface area contributed by atoms with Crippen LogP contribution in [0.3, 0.4) is 0 Å². The molecule has 0 radical (unpaired) electrons. The highest BCUT2D eigenvalue weighted by molar-refractivity contribution is 7.98. The third kappa shape index (κ3) is 2.86. The molecule has 0 aromatic carbocycles.